The number of aromatic amines is 1. The van der Waals surface area contributed by atoms with Crippen LogP contribution in [0.1, 0.15) is 18.3 Å². The Morgan fingerprint density at radius 1 is 1.32 bits per heavy atom. The quantitative estimate of drug-likeness (QED) is 0.712. The molecule has 1 N–H and O–H groups in total. The lowest BCUT2D eigenvalue weighted by atomic mass is 10.1. The third kappa shape index (κ3) is 3.14. The first kappa shape index (κ1) is 16.2. The lowest BCUT2D eigenvalue weighted by Gasteiger charge is -2.11. The molecule has 25 heavy (non-hydrogen) atoms. The third-order valence-corrected chi connectivity index (χ3v) is 6.08. The number of H-pyrrole nitrogens is 1. The summed E-state index contributed by atoms with van der Waals surface area (Å²) in [6, 6.07) is 5.43. The molecule has 0 radical (unpaired) electrons. The third-order valence-electron chi connectivity index (χ3n) is 4.33. The maximum absolute atomic E-state index is 11.9. The lowest BCUT2D eigenvalue weighted by Crippen LogP contribution is -2.14. The second-order valence-corrected chi connectivity index (χ2v) is 8.35. The Labute approximate surface area is 144 Å². The van der Waals surface area contributed by atoms with Gasteiger partial charge >= 0.3 is 0 Å². The van der Waals surface area contributed by atoms with Crippen LogP contribution in [0.15, 0.2) is 18.2 Å². The van der Waals surface area contributed by atoms with Crippen LogP contribution in [0.3, 0.4) is 0 Å². The summed E-state index contributed by atoms with van der Waals surface area (Å²) in [6.45, 7) is 0.509. The monoisotopic (exact) mass is 362 g/mol. The number of benzene rings is 1. The van der Waals surface area contributed by atoms with Crippen LogP contribution in [0.5, 0.6) is 0 Å². The van der Waals surface area contributed by atoms with E-state index in [1.165, 1.54) is 0 Å². The number of sulfone groups is 1. The molecule has 0 amide bonds. The van der Waals surface area contributed by atoms with Crippen LogP contribution in [0, 0.1) is 0 Å². The van der Waals surface area contributed by atoms with E-state index in [0.717, 1.165) is 16.6 Å². The zero-order chi connectivity index (χ0) is 17.4. The Hall–Kier alpha value is -2.33. The molecule has 4 rings (SSSR count). The van der Waals surface area contributed by atoms with Gasteiger partial charge in [-0.2, -0.15) is 20.5 Å². The van der Waals surface area contributed by atoms with Crippen LogP contribution in [0.25, 0.3) is 22.4 Å². The molecule has 3 heterocycles. The van der Waals surface area contributed by atoms with Crippen molar-refractivity contribution >= 4 is 20.9 Å². The van der Waals surface area contributed by atoms with Gasteiger partial charge in [-0.15, -0.1) is 0 Å². The molecule has 3 aromatic rings. The minimum Gasteiger partial charge on any atom is -0.384 e. The van der Waals surface area contributed by atoms with Crippen molar-refractivity contribution in [1.82, 2.24) is 30.2 Å². The van der Waals surface area contributed by atoms with Gasteiger partial charge in [0.25, 0.3) is 0 Å². The van der Waals surface area contributed by atoms with E-state index in [1.807, 2.05) is 18.2 Å². The van der Waals surface area contributed by atoms with Gasteiger partial charge in [0.15, 0.2) is 21.5 Å². The Balaban J connectivity index is 1.77. The minimum atomic E-state index is -3.02. The van der Waals surface area contributed by atoms with Gasteiger partial charge in [0.05, 0.1) is 24.2 Å². The summed E-state index contributed by atoms with van der Waals surface area (Å²) in [6.07, 6.45) is 1.12. The summed E-state index contributed by atoms with van der Waals surface area (Å²) < 4.78 is 30.6. The standard InChI is InChI=1S/C15H18N6O3S/c1-24-6-4-14-16-15(10-2-3-12-13(8-10)18-20-17-12)21(19-14)11-5-7-25(22,23)9-11/h2-3,8,11H,4-7,9H2,1H3,(H,17,18,20)/t11-/m1/s1. The van der Waals surface area contributed by atoms with Crippen LogP contribution in [-0.4, -0.2) is 63.8 Å². The normalized spacial score (nSPS) is 19.6. The molecule has 9 nitrogen and oxygen atoms in total. The number of methoxy groups -OCH3 is 1. The molecule has 1 aliphatic heterocycles. The molecular weight excluding hydrogens is 344 g/mol. The smallest absolute Gasteiger partial charge is 0.158 e. The molecule has 1 aromatic carbocycles. The molecule has 0 saturated carbocycles. The number of nitrogens with one attached hydrogen (secondary N) is 1. The van der Waals surface area contributed by atoms with Gasteiger partial charge in [0.1, 0.15) is 11.0 Å². The topological polar surface area (TPSA) is 116 Å². The van der Waals surface area contributed by atoms with Crippen LogP contribution in [0.4, 0.5) is 0 Å². The number of hydrogen-bond acceptors (Lipinski definition) is 7. The molecule has 0 bridgehead atoms. The minimum absolute atomic E-state index is 0.0965. The van der Waals surface area contributed by atoms with E-state index in [9.17, 15) is 8.42 Å². The van der Waals surface area contributed by atoms with E-state index < -0.39 is 9.84 Å². The molecule has 0 spiro atoms. The first-order valence-corrected chi connectivity index (χ1v) is 9.83. The van der Waals surface area contributed by atoms with Crippen molar-refractivity contribution in [2.45, 2.75) is 18.9 Å². The van der Waals surface area contributed by atoms with Crippen molar-refractivity contribution in [2.75, 3.05) is 25.2 Å². The highest BCUT2D eigenvalue weighted by Crippen LogP contribution is 2.29. The van der Waals surface area contributed by atoms with Gasteiger partial charge in [-0.05, 0) is 24.6 Å². The largest absolute Gasteiger partial charge is 0.384 e. The van der Waals surface area contributed by atoms with E-state index in [4.69, 9.17) is 4.74 Å². The predicted molar refractivity (Wildman–Crippen MR) is 90.8 cm³/mol. The highest BCUT2D eigenvalue weighted by molar-refractivity contribution is 7.91. The fourth-order valence-corrected chi connectivity index (χ4v) is 4.76. The molecule has 1 aliphatic rings. The van der Waals surface area contributed by atoms with Crippen LogP contribution < -0.4 is 0 Å². The fraction of sp³-hybridized carbons (Fsp3) is 0.467. The highest BCUT2D eigenvalue weighted by Gasteiger charge is 2.32. The molecule has 132 valence electrons. The first-order chi connectivity index (χ1) is 12.1. The van der Waals surface area contributed by atoms with Crippen molar-refractivity contribution in [3.05, 3.63) is 24.0 Å². The Kier molecular flexibility index (Phi) is 4.00. The molecular formula is C15H18N6O3S. The zero-order valence-electron chi connectivity index (χ0n) is 13.7. The highest BCUT2D eigenvalue weighted by atomic mass is 32.2. The molecule has 1 saturated heterocycles. The van der Waals surface area contributed by atoms with Gasteiger partial charge in [-0.3, -0.25) is 0 Å². The molecule has 2 aromatic heterocycles. The van der Waals surface area contributed by atoms with Crippen molar-refractivity contribution in [3.63, 3.8) is 0 Å². The molecule has 1 fully saturated rings. The maximum Gasteiger partial charge on any atom is 0.158 e. The second-order valence-electron chi connectivity index (χ2n) is 6.12. The summed E-state index contributed by atoms with van der Waals surface area (Å²) in [5.41, 5.74) is 2.32. The molecule has 0 aliphatic carbocycles. The lowest BCUT2D eigenvalue weighted by molar-refractivity contribution is 0.200. The van der Waals surface area contributed by atoms with Crippen LogP contribution in [0.2, 0.25) is 0 Å². The second kappa shape index (κ2) is 6.19. The van der Waals surface area contributed by atoms with Crippen molar-refractivity contribution < 1.29 is 13.2 Å². The van der Waals surface area contributed by atoms with Gasteiger partial charge in [0, 0.05) is 19.1 Å². The Morgan fingerprint density at radius 3 is 2.92 bits per heavy atom. The molecule has 10 heteroatoms. The number of nitrogens with zero attached hydrogens (tertiary/aromatic N) is 5. The summed E-state index contributed by atoms with van der Waals surface area (Å²) >= 11 is 0. The van der Waals surface area contributed by atoms with E-state index in [1.54, 1.807) is 11.8 Å². The Bertz CT molecular complexity index is 1010. The van der Waals surface area contributed by atoms with Crippen molar-refractivity contribution in [3.8, 4) is 11.4 Å². The van der Waals surface area contributed by atoms with Crippen LogP contribution >= 0.6 is 0 Å². The number of rotatable bonds is 5. The summed E-state index contributed by atoms with van der Waals surface area (Å²) in [5.74, 6) is 1.57. The maximum atomic E-state index is 11.9. The number of aromatic nitrogens is 6. The molecule has 0 unspecified atom stereocenters. The average Bonchev–Trinajstić information content (AvgIpc) is 3.29. The van der Waals surface area contributed by atoms with E-state index in [0.29, 0.717) is 31.1 Å². The predicted octanol–water partition coefficient (Wildman–Crippen LogP) is 0.765. The van der Waals surface area contributed by atoms with Crippen LogP contribution in [-0.2, 0) is 21.0 Å². The zero-order valence-corrected chi connectivity index (χ0v) is 14.5. The Morgan fingerprint density at radius 2 is 2.16 bits per heavy atom. The van der Waals surface area contributed by atoms with Crippen molar-refractivity contribution in [1.29, 1.82) is 0 Å². The summed E-state index contributed by atoms with van der Waals surface area (Å²) in [5, 5.41) is 15.3. The van der Waals surface area contributed by atoms with Gasteiger partial charge in [-0.25, -0.2) is 18.1 Å². The molecule has 1 atom stereocenters. The van der Waals surface area contributed by atoms with Gasteiger partial charge < -0.3 is 4.74 Å². The average molecular weight is 362 g/mol. The van der Waals surface area contributed by atoms with Gasteiger partial charge in [0.2, 0.25) is 0 Å². The van der Waals surface area contributed by atoms with Crippen molar-refractivity contribution in [2.24, 2.45) is 0 Å². The summed E-state index contributed by atoms with van der Waals surface area (Å²) in [7, 11) is -1.39. The summed E-state index contributed by atoms with van der Waals surface area (Å²) in [4.78, 5) is 4.62. The fourth-order valence-electron chi connectivity index (χ4n) is 3.07. The number of fused-ring (bicyclic) bond motifs is 1. The van der Waals surface area contributed by atoms with Gasteiger partial charge in [-0.1, -0.05) is 0 Å². The SMILES string of the molecule is COCCc1nc(-c2ccc3n[nH]nc3c2)n([C@@H]2CCS(=O)(=O)C2)n1. The van der Waals surface area contributed by atoms with E-state index in [-0.39, 0.29) is 17.5 Å². The first-order valence-electron chi connectivity index (χ1n) is 8.01. The van der Waals surface area contributed by atoms with E-state index in [2.05, 4.69) is 25.5 Å². The van der Waals surface area contributed by atoms with E-state index >= 15 is 0 Å². The number of ether oxygens (including phenoxy) is 1. The number of hydrogen-bond donors (Lipinski definition) is 1.